The van der Waals surface area contributed by atoms with Crippen molar-refractivity contribution in [1.29, 1.82) is 0 Å². The second-order valence-corrected chi connectivity index (χ2v) is 8.70. The van der Waals surface area contributed by atoms with E-state index in [1.807, 2.05) is 37.4 Å². The van der Waals surface area contributed by atoms with Crippen molar-refractivity contribution in [3.05, 3.63) is 60.2 Å². The minimum atomic E-state index is -3.51. The molecule has 1 saturated heterocycles. The average Bonchev–Trinajstić information content (AvgIpc) is 2.69. The number of likely N-dealkylation sites (N-methyl/N-ethyl adjacent to an activating group) is 1. The van der Waals surface area contributed by atoms with Gasteiger partial charge in [-0.3, -0.25) is 4.79 Å². The van der Waals surface area contributed by atoms with Crippen molar-refractivity contribution >= 4 is 21.6 Å². The van der Waals surface area contributed by atoms with Gasteiger partial charge >= 0.3 is 0 Å². The molecule has 1 amide bonds. The number of sulfonamides is 1. The molecule has 0 aromatic heterocycles. The van der Waals surface area contributed by atoms with Crippen LogP contribution in [0.2, 0.25) is 0 Å². The van der Waals surface area contributed by atoms with Crippen LogP contribution in [0.25, 0.3) is 0 Å². The van der Waals surface area contributed by atoms with E-state index in [0.717, 1.165) is 18.7 Å². The molecule has 7 nitrogen and oxygen atoms in total. The number of piperazine rings is 1. The summed E-state index contributed by atoms with van der Waals surface area (Å²) >= 11 is 0. The van der Waals surface area contributed by atoms with E-state index in [1.165, 1.54) is 16.4 Å². The summed E-state index contributed by atoms with van der Waals surface area (Å²) < 4.78 is 32.3. The number of amides is 1. The van der Waals surface area contributed by atoms with Gasteiger partial charge in [-0.15, -0.1) is 0 Å². The summed E-state index contributed by atoms with van der Waals surface area (Å²) in [6.07, 6.45) is 0. The Morgan fingerprint density at radius 3 is 2.29 bits per heavy atom. The van der Waals surface area contributed by atoms with E-state index in [1.54, 1.807) is 12.1 Å². The maximum Gasteiger partial charge on any atom is 0.250 e. The number of hydrogen-bond donors (Lipinski definition) is 1. The lowest BCUT2D eigenvalue weighted by atomic mass is 10.2. The molecule has 2 aromatic carbocycles. The van der Waals surface area contributed by atoms with Crippen LogP contribution in [0, 0.1) is 0 Å². The maximum absolute atomic E-state index is 12.7. The molecule has 0 aliphatic carbocycles. The summed E-state index contributed by atoms with van der Waals surface area (Å²) in [7, 11) is -1.53. The third kappa shape index (κ3) is 5.39. The molecular formula is C20H25N3O4S. The van der Waals surface area contributed by atoms with Gasteiger partial charge in [0, 0.05) is 31.9 Å². The van der Waals surface area contributed by atoms with E-state index in [-0.39, 0.29) is 17.4 Å². The Morgan fingerprint density at radius 2 is 1.64 bits per heavy atom. The Labute approximate surface area is 166 Å². The van der Waals surface area contributed by atoms with Crippen molar-refractivity contribution in [3.63, 3.8) is 0 Å². The molecule has 0 radical (unpaired) electrons. The molecule has 0 saturated carbocycles. The molecule has 1 aliphatic heterocycles. The van der Waals surface area contributed by atoms with Gasteiger partial charge in [0.1, 0.15) is 6.61 Å². The van der Waals surface area contributed by atoms with E-state index in [2.05, 4.69) is 10.2 Å². The van der Waals surface area contributed by atoms with Crippen LogP contribution in [0.3, 0.4) is 0 Å². The number of rotatable bonds is 7. The van der Waals surface area contributed by atoms with Crippen LogP contribution in [-0.2, 0) is 26.2 Å². The smallest absolute Gasteiger partial charge is 0.250 e. The van der Waals surface area contributed by atoms with Crippen molar-refractivity contribution in [2.24, 2.45) is 0 Å². The van der Waals surface area contributed by atoms with Crippen LogP contribution in [0.5, 0.6) is 0 Å². The van der Waals surface area contributed by atoms with Gasteiger partial charge in [-0.1, -0.05) is 30.3 Å². The first kappa shape index (κ1) is 20.5. The minimum Gasteiger partial charge on any atom is -0.367 e. The number of benzene rings is 2. The number of anilines is 1. The SMILES string of the molecule is CN1CCN(S(=O)(=O)c2ccc(NC(=O)COCc3ccccc3)cc2)CC1. The average molecular weight is 404 g/mol. The van der Waals surface area contributed by atoms with Gasteiger partial charge in [0.15, 0.2) is 0 Å². The highest BCUT2D eigenvalue weighted by atomic mass is 32.2. The predicted octanol–water partition coefficient (Wildman–Crippen LogP) is 1.78. The Bertz CT molecular complexity index is 877. The van der Waals surface area contributed by atoms with Crippen molar-refractivity contribution in [2.75, 3.05) is 45.2 Å². The topological polar surface area (TPSA) is 79.0 Å². The number of carbonyl (C=O) groups excluding carboxylic acids is 1. The molecule has 0 spiro atoms. The highest BCUT2D eigenvalue weighted by Crippen LogP contribution is 2.19. The van der Waals surface area contributed by atoms with Gasteiger partial charge in [-0.05, 0) is 36.9 Å². The second-order valence-electron chi connectivity index (χ2n) is 6.76. The fourth-order valence-corrected chi connectivity index (χ4v) is 4.34. The fourth-order valence-electron chi connectivity index (χ4n) is 2.92. The number of nitrogens with zero attached hydrogens (tertiary/aromatic N) is 2. The van der Waals surface area contributed by atoms with Crippen molar-refractivity contribution in [2.45, 2.75) is 11.5 Å². The standard InChI is InChI=1S/C20H25N3O4S/c1-22-11-13-23(14-12-22)28(25,26)19-9-7-18(8-10-19)21-20(24)16-27-15-17-5-3-2-4-6-17/h2-10H,11-16H2,1H3,(H,21,24). The summed E-state index contributed by atoms with van der Waals surface area (Å²) in [5, 5.41) is 2.71. The molecule has 8 heteroatoms. The molecule has 2 aromatic rings. The number of carbonyl (C=O) groups is 1. The zero-order chi connectivity index (χ0) is 20.0. The first-order valence-electron chi connectivity index (χ1n) is 9.15. The number of hydrogen-bond acceptors (Lipinski definition) is 5. The first-order valence-corrected chi connectivity index (χ1v) is 10.6. The first-order chi connectivity index (χ1) is 13.4. The van der Waals surface area contributed by atoms with E-state index in [0.29, 0.717) is 25.4 Å². The van der Waals surface area contributed by atoms with Crippen molar-refractivity contribution in [3.8, 4) is 0 Å². The van der Waals surface area contributed by atoms with Crippen molar-refractivity contribution in [1.82, 2.24) is 9.21 Å². The van der Waals surface area contributed by atoms with E-state index in [4.69, 9.17) is 4.74 Å². The van der Waals surface area contributed by atoms with Gasteiger partial charge in [0.25, 0.3) is 0 Å². The molecule has 0 unspecified atom stereocenters. The lowest BCUT2D eigenvalue weighted by molar-refractivity contribution is -0.121. The summed E-state index contributed by atoms with van der Waals surface area (Å²) in [6.45, 7) is 2.69. The Balaban J connectivity index is 1.51. The summed E-state index contributed by atoms with van der Waals surface area (Å²) in [4.78, 5) is 14.3. The van der Waals surface area contributed by atoms with Crippen LogP contribution in [-0.4, -0.2) is 63.4 Å². The Hall–Kier alpha value is -2.26. The molecule has 1 aliphatic rings. The largest absolute Gasteiger partial charge is 0.367 e. The molecule has 150 valence electrons. The van der Waals surface area contributed by atoms with E-state index in [9.17, 15) is 13.2 Å². The van der Waals surface area contributed by atoms with Gasteiger partial charge in [-0.2, -0.15) is 4.31 Å². The monoisotopic (exact) mass is 403 g/mol. The molecule has 0 atom stereocenters. The third-order valence-electron chi connectivity index (χ3n) is 4.58. The third-order valence-corrected chi connectivity index (χ3v) is 6.50. The van der Waals surface area contributed by atoms with Crippen LogP contribution in [0.4, 0.5) is 5.69 Å². The van der Waals surface area contributed by atoms with Crippen LogP contribution < -0.4 is 5.32 Å². The zero-order valence-electron chi connectivity index (χ0n) is 15.9. The van der Waals surface area contributed by atoms with Crippen LogP contribution >= 0.6 is 0 Å². The number of nitrogens with one attached hydrogen (secondary N) is 1. The Morgan fingerprint density at radius 1 is 1.00 bits per heavy atom. The van der Waals surface area contributed by atoms with Gasteiger partial charge < -0.3 is 15.0 Å². The van der Waals surface area contributed by atoms with Gasteiger partial charge in [0.05, 0.1) is 11.5 Å². The van der Waals surface area contributed by atoms with E-state index < -0.39 is 10.0 Å². The van der Waals surface area contributed by atoms with Gasteiger partial charge in [0.2, 0.25) is 15.9 Å². The van der Waals surface area contributed by atoms with Crippen LogP contribution in [0.1, 0.15) is 5.56 Å². The normalized spacial score (nSPS) is 16.0. The molecule has 1 fully saturated rings. The van der Waals surface area contributed by atoms with Crippen LogP contribution in [0.15, 0.2) is 59.5 Å². The Kier molecular flexibility index (Phi) is 6.79. The van der Waals surface area contributed by atoms with Crippen molar-refractivity contribution < 1.29 is 17.9 Å². The molecule has 0 bridgehead atoms. The second kappa shape index (κ2) is 9.29. The molecule has 1 heterocycles. The highest BCUT2D eigenvalue weighted by molar-refractivity contribution is 7.89. The lowest BCUT2D eigenvalue weighted by Gasteiger charge is -2.31. The molecule has 28 heavy (non-hydrogen) atoms. The summed E-state index contributed by atoms with van der Waals surface area (Å²) in [5.41, 5.74) is 1.53. The van der Waals surface area contributed by atoms with Gasteiger partial charge in [-0.25, -0.2) is 8.42 Å². The molecule has 3 rings (SSSR count). The predicted molar refractivity (Wildman–Crippen MR) is 107 cm³/mol. The maximum atomic E-state index is 12.7. The van der Waals surface area contributed by atoms with E-state index >= 15 is 0 Å². The summed E-state index contributed by atoms with van der Waals surface area (Å²) in [5.74, 6) is -0.286. The fraction of sp³-hybridized carbons (Fsp3) is 0.350. The quantitative estimate of drug-likeness (QED) is 0.762. The minimum absolute atomic E-state index is 0.0732. The molecule has 1 N–H and O–H groups in total. The molecular weight excluding hydrogens is 378 g/mol. The summed E-state index contributed by atoms with van der Waals surface area (Å²) in [6, 6.07) is 15.8. The number of ether oxygens (including phenoxy) is 1. The zero-order valence-corrected chi connectivity index (χ0v) is 16.7. The lowest BCUT2D eigenvalue weighted by Crippen LogP contribution is -2.46. The highest BCUT2D eigenvalue weighted by Gasteiger charge is 2.27.